The molecule has 0 fully saturated rings. The molecule has 1 heterocycles. The standard InChI is InChI=1S/C13H18N4OSe/c1-12(2,13(3,4)14)11(18)15-8-6-5-7-9-10(8)17-19-16-9/h5-7H,14H2,1-4H3,(H,15,18). The Morgan fingerprint density at radius 2 is 1.95 bits per heavy atom. The summed E-state index contributed by atoms with van der Waals surface area (Å²) < 4.78 is 8.64. The number of anilines is 1. The van der Waals surface area contributed by atoms with Gasteiger partial charge in [-0.15, -0.1) is 0 Å². The average Bonchev–Trinajstić information content (AvgIpc) is 2.76. The van der Waals surface area contributed by atoms with E-state index in [1.54, 1.807) is 0 Å². The summed E-state index contributed by atoms with van der Waals surface area (Å²) in [5, 5.41) is 2.93. The molecule has 2 aromatic rings. The second-order valence-electron chi connectivity index (χ2n) is 5.74. The number of hydrogen-bond acceptors (Lipinski definition) is 4. The Morgan fingerprint density at radius 1 is 1.26 bits per heavy atom. The molecule has 0 aliphatic carbocycles. The van der Waals surface area contributed by atoms with Gasteiger partial charge in [0.05, 0.1) is 0 Å². The Labute approximate surface area is 118 Å². The summed E-state index contributed by atoms with van der Waals surface area (Å²) in [6.07, 6.45) is 0. The molecule has 5 nitrogen and oxygen atoms in total. The van der Waals surface area contributed by atoms with Crippen LogP contribution in [0.1, 0.15) is 27.7 Å². The van der Waals surface area contributed by atoms with Crippen LogP contribution >= 0.6 is 0 Å². The quantitative estimate of drug-likeness (QED) is 0.836. The number of carbonyl (C=O) groups excluding carboxylic acids is 1. The predicted molar refractivity (Wildman–Crippen MR) is 77.2 cm³/mol. The minimum absolute atomic E-state index is 0.105. The maximum atomic E-state index is 12.4. The van der Waals surface area contributed by atoms with E-state index in [9.17, 15) is 4.79 Å². The number of amides is 1. The summed E-state index contributed by atoms with van der Waals surface area (Å²) in [6, 6.07) is 5.62. The molecule has 0 aliphatic rings. The molecule has 1 amide bonds. The third kappa shape index (κ3) is 2.56. The molecule has 0 saturated carbocycles. The Bertz CT molecular complexity index is 612. The van der Waals surface area contributed by atoms with Crippen molar-refractivity contribution in [1.82, 2.24) is 7.96 Å². The number of benzene rings is 1. The van der Waals surface area contributed by atoms with Crippen molar-refractivity contribution < 1.29 is 4.79 Å². The topological polar surface area (TPSA) is 80.9 Å². The number of carbonyl (C=O) groups is 1. The van der Waals surface area contributed by atoms with Gasteiger partial charge in [-0.05, 0) is 0 Å². The van der Waals surface area contributed by atoms with Gasteiger partial charge < -0.3 is 0 Å². The molecule has 0 aliphatic heterocycles. The number of nitrogens with zero attached hydrogens (tertiary/aromatic N) is 2. The second kappa shape index (κ2) is 4.71. The fourth-order valence-electron chi connectivity index (χ4n) is 1.48. The summed E-state index contributed by atoms with van der Waals surface area (Å²) in [4.78, 5) is 12.4. The third-order valence-electron chi connectivity index (χ3n) is 3.71. The van der Waals surface area contributed by atoms with Crippen LogP contribution in [0.5, 0.6) is 0 Å². The molecule has 1 aromatic heterocycles. The molecular formula is C13H18N4OSe. The van der Waals surface area contributed by atoms with E-state index in [4.69, 9.17) is 5.73 Å². The Kier molecular flexibility index (Phi) is 3.51. The van der Waals surface area contributed by atoms with Crippen molar-refractivity contribution in [3.05, 3.63) is 18.2 Å². The summed E-state index contributed by atoms with van der Waals surface area (Å²) in [7, 11) is 0. The first-order chi connectivity index (χ1) is 8.73. The first-order valence-corrected chi connectivity index (χ1v) is 7.58. The summed E-state index contributed by atoms with van der Waals surface area (Å²) in [6.45, 7) is 7.39. The molecule has 0 saturated heterocycles. The summed E-state index contributed by atoms with van der Waals surface area (Å²) >= 11 is -0.105. The number of nitrogens with two attached hydrogens (primary N) is 1. The minimum atomic E-state index is -0.684. The van der Waals surface area contributed by atoms with E-state index in [2.05, 4.69) is 13.3 Å². The predicted octanol–water partition coefficient (Wildman–Crippen LogP) is 1.39. The van der Waals surface area contributed by atoms with Gasteiger partial charge in [-0.3, -0.25) is 0 Å². The van der Waals surface area contributed by atoms with E-state index in [-0.39, 0.29) is 20.9 Å². The van der Waals surface area contributed by atoms with Gasteiger partial charge in [0, 0.05) is 0 Å². The number of nitrogens with one attached hydrogen (secondary N) is 1. The van der Waals surface area contributed by atoms with Gasteiger partial charge in [-0.2, -0.15) is 0 Å². The van der Waals surface area contributed by atoms with Crippen molar-refractivity contribution >= 4 is 37.6 Å². The maximum absolute atomic E-state index is 12.4. The van der Waals surface area contributed by atoms with Gasteiger partial charge in [-0.25, -0.2) is 0 Å². The Morgan fingerprint density at radius 3 is 2.58 bits per heavy atom. The van der Waals surface area contributed by atoms with Crippen LogP contribution in [0.25, 0.3) is 11.0 Å². The fourth-order valence-corrected chi connectivity index (χ4v) is 2.63. The summed E-state index contributed by atoms with van der Waals surface area (Å²) in [5.74, 6) is -0.108. The van der Waals surface area contributed by atoms with E-state index >= 15 is 0 Å². The number of hydrogen-bond donors (Lipinski definition) is 2. The van der Waals surface area contributed by atoms with Gasteiger partial charge >= 0.3 is 118 Å². The van der Waals surface area contributed by atoms with Gasteiger partial charge in [0.2, 0.25) is 0 Å². The van der Waals surface area contributed by atoms with Crippen molar-refractivity contribution in [2.24, 2.45) is 11.1 Å². The van der Waals surface area contributed by atoms with Gasteiger partial charge in [0.25, 0.3) is 0 Å². The average molecular weight is 325 g/mol. The van der Waals surface area contributed by atoms with Crippen LogP contribution in [-0.2, 0) is 4.79 Å². The molecule has 0 atom stereocenters. The molecular weight excluding hydrogens is 307 g/mol. The normalized spacial score (nSPS) is 12.7. The molecule has 2 rings (SSSR count). The van der Waals surface area contributed by atoms with Gasteiger partial charge in [-0.1, -0.05) is 0 Å². The van der Waals surface area contributed by atoms with Crippen LogP contribution in [0, 0.1) is 5.41 Å². The summed E-state index contributed by atoms with van der Waals surface area (Å²) in [5.41, 5.74) is 7.13. The molecule has 19 heavy (non-hydrogen) atoms. The van der Waals surface area contributed by atoms with Crippen LogP contribution in [0.2, 0.25) is 0 Å². The molecule has 102 valence electrons. The molecule has 0 radical (unpaired) electrons. The first kappa shape index (κ1) is 14.2. The van der Waals surface area contributed by atoms with Crippen molar-refractivity contribution in [2.75, 3.05) is 5.32 Å². The zero-order valence-electron chi connectivity index (χ0n) is 11.5. The Balaban J connectivity index is 2.31. The van der Waals surface area contributed by atoms with Gasteiger partial charge in [0.1, 0.15) is 0 Å². The van der Waals surface area contributed by atoms with E-state index in [0.29, 0.717) is 5.69 Å². The third-order valence-corrected chi connectivity index (χ3v) is 4.85. The first-order valence-electron chi connectivity index (χ1n) is 6.05. The van der Waals surface area contributed by atoms with Crippen LogP contribution in [0.4, 0.5) is 5.69 Å². The van der Waals surface area contributed by atoms with Crippen LogP contribution in [0.3, 0.4) is 0 Å². The van der Waals surface area contributed by atoms with Crippen molar-refractivity contribution in [1.29, 1.82) is 0 Å². The van der Waals surface area contributed by atoms with Crippen molar-refractivity contribution in [3.8, 4) is 0 Å². The van der Waals surface area contributed by atoms with E-state index in [0.717, 1.165) is 11.0 Å². The molecule has 0 unspecified atom stereocenters. The number of aromatic nitrogens is 2. The second-order valence-corrected chi connectivity index (χ2v) is 6.85. The zero-order chi connectivity index (χ0) is 14.3. The molecule has 3 N–H and O–H groups in total. The fraction of sp³-hybridized carbons (Fsp3) is 0.462. The molecule has 0 spiro atoms. The van der Waals surface area contributed by atoms with Crippen LogP contribution in [-0.4, -0.2) is 34.4 Å². The zero-order valence-corrected chi connectivity index (χ0v) is 13.2. The van der Waals surface area contributed by atoms with Crippen LogP contribution in [0.15, 0.2) is 18.2 Å². The monoisotopic (exact) mass is 326 g/mol. The van der Waals surface area contributed by atoms with Crippen molar-refractivity contribution in [3.63, 3.8) is 0 Å². The number of fused-ring (bicyclic) bond motifs is 1. The van der Waals surface area contributed by atoms with Gasteiger partial charge in [0.15, 0.2) is 0 Å². The van der Waals surface area contributed by atoms with Crippen molar-refractivity contribution in [2.45, 2.75) is 33.2 Å². The molecule has 0 bridgehead atoms. The SMILES string of the molecule is CC(C)(N)C(C)(C)C(=O)Nc1cccc2n[se]nc12. The molecule has 1 aromatic carbocycles. The molecule has 6 heteroatoms. The number of rotatable bonds is 3. The van der Waals surface area contributed by atoms with E-state index in [1.165, 1.54) is 0 Å². The Hall–Kier alpha value is -1.23. The van der Waals surface area contributed by atoms with E-state index in [1.807, 2.05) is 45.9 Å². The van der Waals surface area contributed by atoms with E-state index < -0.39 is 11.0 Å². The van der Waals surface area contributed by atoms with Crippen LogP contribution < -0.4 is 11.1 Å².